The number of pyridine rings is 1. The van der Waals surface area contributed by atoms with Gasteiger partial charge in [0.05, 0.1) is 25.5 Å². The molecule has 5 nitrogen and oxygen atoms in total. The van der Waals surface area contributed by atoms with Crippen LogP contribution in [0.2, 0.25) is 0 Å². The van der Waals surface area contributed by atoms with E-state index in [1.54, 1.807) is 6.08 Å². The topological polar surface area (TPSA) is 68.3 Å². The second-order valence-electron chi connectivity index (χ2n) is 6.20. The van der Waals surface area contributed by atoms with Crippen molar-refractivity contribution in [2.24, 2.45) is 11.8 Å². The van der Waals surface area contributed by atoms with Crippen LogP contribution in [0.25, 0.3) is 6.08 Å². The van der Waals surface area contributed by atoms with Crippen LogP contribution >= 0.6 is 0 Å². The maximum Gasteiger partial charge on any atom is 0.391 e. The quantitative estimate of drug-likeness (QED) is 0.845. The monoisotopic (exact) mass is 378 g/mol. The van der Waals surface area contributed by atoms with E-state index >= 15 is 0 Å². The highest BCUT2D eigenvalue weighted by molar-refractivity contribution is 7.92. The van der Waals surface area contributed by atoms with E-state index in [1.807, 2.05) is 6.08 Å². The first-order valence-electron chi connectivity index (χ1n) is 7.85. The van der Waals surface area contributed by atoms with E-state index in [4.69, 9.17) is 4.74 Å². The molecule has 2 rings (SSSR count). The van der Waals surface area contributed by atoms with Gasteiger partial charge in [-0.15, -0.1) is 0 Å². The molecule has 1 aliphatic rings. The van der Waals surface area contributed by atoms with Gasteiger partial charge in [-0.3, -0.25) is 4.72 Å². The molecule has 0 aromatic carbocycles. The molecule has 0 spiro atoms. The zero-order valence-corrected chi connectivity index (χ0v) is 14.8. The third-order valence-corrected chi connectivity index (χ3v) is 4.77. The molecule has 0 bridgehead atoms. The van der Waals surface area contributed by atoms with Crippen molar-refractivity contribution in [2.75, 3.05) is 18.1 Å². The van der Waals surface area contributed by atoms with E-state index in [1.165, 1.54) is 19.4 Å². The molecule has 9 heteroatoms. The molecule has 0 aliphatic heterocycles. The number of hydrogen-bond donors (Lipinski definition) is 1. The van der Waals surface area contributed by atoms with Gasteiger partial charge in [0.2, 0.25) is 10.0 Å². The maximum atomic E-state index is 12.7. The minimum Gasteiger partial charge on any atom is -0.495 e. The van der Waals surface area contributed by atoms with Crippen molar-refractivity contribution in [1.29, 1.82) is 0 Å². The molecule has 1 heterocycles. The number of methoxy groups -OCH3 is 1. The summed E-state index contributed by atoms with van der Waals surface area (Å²) in [5.74, 6) is -0.538. The number of ether oxygens (including phenoxy) is 1. The zero-order chi connectivity index (χ0) is 18.7. The first-order valence-corrected chi connectivity index (χ1v) is 9.74. The van der Waals surface area contributed by atoms with Crippen molar-refractivity contribution in [3.8, 4) is 5.75 Å². The molecule has 1 aliphatic carbocycles. The Hall–Kier alpha value is -1.77. The van der Waals surface area contributed by atoms with Crippen molar-refractivity contribution >= 4 is 21.9 Å². The fourth-order valence-electron chi connectivity index (χ4n) is 2.88. The van der Waals surface area contributed by atoms with Crippen LogP contribution in [0, 0.1) is 11.8 Å². The lowest BCUT2D eigenvalue weighted by atomic mass is 9.81. The summed E-state index contributed by atoms with van der Waals surface area (Å²) < 4.78 is 68.2. The van der Waals surface area contributed by atoms with Gasteiger partial charge in [0.1, 0.15) is 11.6 Å². The number of nitrogens with zero attached hydrogens (tertiary/aromatic N) is 1. The van der Waals surface area contributed by atoms with Crippen molar-refractivity contribution in [1.82, 2.24) is 4.98 Å². The minimum absolute atomic E-state index is 0.0581. The highest BCUT2D eigenvalue weighted by Crippen LogP contribution is 2.40. The SMILES string of the molecule is COc1cnc(NS(C)(=O)=O)cc1C=CC1CCC(C(F)(F)F)CC1. The first kappa shape index (κ1) is 19.6. The highest BCUT2D eigenvalue weighted by atomic mass is 32.2. The van der Waals surface area contributed by atoms with Gasteiger partial charge in [0.25, 0.3) is 0 Å². The van der Waals surface area contributed by atoms with Crippen LogP contribution in [0.3, 0.4) is 0 Å². The van der Waals surface area contributed by atoms with Crippen LogP contribution in [0.1, 0.15) is 31.2 Å². The van der Waals surface area contributed by atoms with Crippen LogP contribution in [-0.4, -0.2) is 32.9 Å². The number of halogens is 3. The lowest BCUT2D eigenvalue weighted by molar-refractivity contribution is -0.183. The number of rotatable bonds is 5. The Kier molecular flexibility index (Phi) is 5.97. The van der Waals surface area contributed by atoms with Crippen LogP contribution in [0.4, 0.5) is 19.0 Å². The molecule has 1 aromatic heterocycles. The van der Waals surface area contributed by atoms with Gasteiger partial charge in [-0.1, -0.05) is 12.2 Å². The standard InChI is InChI=1S/C16H21F3N2O3S/c1-24-14-10-20-15(21-25(2,22)23)9-12(14)6-3-11-4-7-13(8-5-11)16(17,18)19/h3,6,9-11,13H,4-5,7-8H2,1-2H3,(H,20,21). The lowest BCUT2D eigenvalue weighted by Gasteiger charge is -2.28. The molecule has 0 amide bonds. The molecule has 0 atom stereocenters. The number of sulfonamides is 1. The Bertz CT molecular complexity index is 725. The van der Waals surface area contributed by atoms with E-state index in [0.29, 0.717) is 24.2 Å². The first-order chi connectivity index (χ1) is 11.6. The van der Waals surface area contributed by atoms with E-state index in [0.717, 1.165) is 6.26 Å². The van der Waals surface area contributed by atoms with Crippen molar-refractivity contribution in [3.63, 3.8) is 0 Å². The summed E-state index contributed by atoms with van der Waals surface area (Å²) in [7, 11) is -1.99. The molecule has 0 saturated heterocycles. The van der Waals surface area contributed by atoms with Gasteiger partial charge in [0.15, 0.2) is 0 Å². The van der Waals surface area contributed by atoms with E-state index in [9.17, 15) is 21.6 Å². The molecule has 0 unspecified atom stereocenters. The second kappa shape index (κ2) is 7.63. The Morgan fingerprint density at radius 1 is 1.28 bits per heavy atom. The molecule has 0 radical (unpaired) electrons. The Labute approximate surface area is 145 Å². The van der Waals surface area contributed by atoms with Crippen LogP contribution in [0.5, 0.6) is 5.75 Å². The minimum atomic E-state index is -4.12. The highest BCUT2D eigenvalue weighted by Gasteiger charge is 2.40. The van der Waals surface area contributed by atoms with Gasteiger partial charge >= 0.3 is 6.18 Å². The Morgan fingerprint density at radius 2 is 1.92 bits per heavy atom. The Balaban J connectivity index is 2.08. The largest absolute Gasteiger partial charge is 0.495 e. The molecular weight excluding hydrogens is 357 g/mol. The average molecular weight is 378 g/mol. The van der Waals surface area contributed by atoms with Crippen molar-refractivity contribution in [3.05, 3.63) is 23.9 Å². The number of anilines is 1. The number of nitrogens with one attached hydrogen (secondary N) is 1. The Morgan fingerprint density at radius 3 is 2.44 bits per heavy atom. The third-order valence-electron chi connectivity index (χ3n) is 4.19. The zero-order valence-electron chi connectivity index (χ0n) is 14.0. The smallest absolute Gasteiger partial charge is 0.391 e. The number of allylic oxidation sites excluding steroid dienone is 1. The molecule has 140 valence electrons. The molecule has 1 fully saturated rings. The summed E-state index contributed by atoms with van der Waals surface area (Å²) >= 11 is 0. The molecule has 25 heavy (non-hydrogen) atoms. The van der Waals surface area contributed by atoms with E-state index < -0.39 is 22.1 Å². The van der Waals surface area contributed by atoms with Crippen LogP contribution in [-0.2, 0) is 10.0 Å². The fourth-order valence-corrected chi connectivity index (χ4v) is 3.38. The summed E-state index contributed by atoms with van der Waals surface area (Å²) in [4.78, 5) is 3.95. The van der Waals surface area contributed by atoms with Gasteiger partial charge in [-0.25, -0.2) is 13.4 Å². The fraction of sp³-hybridized carbons (Fsp3) is 0.562. The maximum absolute atomic E-state index is 12.7. The van der Waals surface area contributed by atoms with Gasteiger partial charge in [0, 0.05) is 5.56 Å². The molecule has 1 N–H and O–H groups in total. The van der Waals surface area contributed by atoms with Gasteiger partial charge < -0.3 is 4.74 Å². The molecule has 1 saturated carbocycles. The summed E-state index contributed by atoms with van der Waals surface area (Å²) in [6.45, 7) is 0. The summed E-state index contributed by atoms with van der Waals surface area (Å²) in [6.07, 6.45) is 3.11. The van der Waals surface area contributed by atoms with Crippen LogP contribution < -0.4 is 9.46 Å². The predicted molar refractivity (Wildman–Crippen MR) is 89.8 cm³/mol. The number of hydrogen-bond acceptors (Lipinski definition) is 4. The predicted octanol–water partition coefficient (Wildman–Crippen LogP) is 3.84. The number of alkyl halides is 3. The molecule has 1 aromatic rings. The van der Waals surface area contributed by atoms with Gasteiger partial charge in [-0.2, -0.15) is 13.2 Å². The average Bonchev–Trinajstić information content (AvgIpc) is 2.51. The van der Waals surface area contributed by atoms with Crippen LogP contribution in [0.15, 0.2) is 18.3 Å². The summed E-state index contributed by atoms with van der Waals surface area (Å²) in [6, 6.07) is 1.53. The van der Waals surface area contributed by atoms with E-state index in [-0.39, 0.29) is 24.6 Å². The summed E-state index contributed by atoms with van der Waals surface area (Å²) in [5.41, 5.74) is 0.613. The van der Waals surface area contributed by atoms with Gasteiger partial charge in [-0.05, 0) is 37.7 Å². The van der Waals surface area contributed by atoms with E-state index in [2.05, 4.69) is 9.71 Å². The lowest BCUT2D eigenvalue weighted by Crippen LogP contribution is -2.27. The normalized spacial score (nSPS) is 22.1. The van der Waals surface area contributed by atoms with Crippen molar-refractivity contribution in [2.45, 2.75) is 31.9 Å². The molecular formula is C16H21F3N2O3S. The third kappa shape index (κ3) is 5.91. The van der Waals surface area contributed by atoms with Crippen molar-refractivity contribution < 1.29 is 26.3 Å². The number of aromatic nitrogens is 1. The second-order valence-corrected chi connectivity index (χ2v) is 7.95. The summed E-state index contributed by atoms with van der Waals surface area (Å²) in [5, 5.41) is 0.